The largest absolute Gasteiger partial charge is 0.506 e. The van der Waals surface area contributed by atoms with Crippen molar-refractivity contribution < 1.29 is 19.4 Å². The molecule has 0 fully saturated rings. The summed E-state index contributed by atoms with van der Waals surface area (Å²) in [4.78, 5) is 35.5. The highest BCUT2D eigenvalue weighted by molar-refractivity contribution is 7.16. The first-order valence-electron chi connectivity index (χ1n) is 6.74. The second kappa shape index (κ2) is 6.97. The van der Waals surface area contributed by atoms with Crippen LogP contribution in [0.15, 0.2) is 16.9 Å². The standard InChI is InChI=1S/C15H14ClNO5S/c1-3-22-10(18)6-17-14(20)11-12(19)9-5-8(16)4-7(2)13(9)23-15(11)21/h4-5,19H,3,6H2,1-2H3,(H,17,20). The van der Waals surface area contributed by atoms with Gasteiger partial charge in [0.2, 0.25) is 4.74 Å². The maximum Gasteiger partial charge on any atom is 0.325 e. The molecule has 0 radical (unpaired) electrons. The molecule has 0 spiro atoms. The van der Waals surface area contributed by atoms with E-state index in [-0.39, 0.29) is 13.2 Å². The van der Waals surface area contributed by atoms with Crippen LogP contribution in [0, 0.1) is 6.92 Å². The molecule has 1 aromatic carbocycles. The number of ether oxygens (including phenoxy) is 1. The summed E-state index contributed by atoms with van der Waals surface area (Å²) in [5, 5.41) is 13.3. The third-order valence-corrected chi connectivity index (χ3v) is 4.41. The van der Waals surface area contributed by atoms with Gasteiger partial charge >= 0.3 is 5.97 Å². The Hall–Kier alpha value is -2.12. The highest BCUT2D eigenvalue weighted by atomic mass is 35.5. The summed E-state index contributed by atoms with van der Waals surface area (Å²) in [5.74, 6) is -1.91. The zero-order valence-electron chi connectivity index (χ0n) is 12.4. The number of carbonyl (C=O) groups excluding carboxylic acids is 2. The molecule has 2 N–H and O–H groups in total. The van der Waals surface area contributed by atoms with Crippen molar-refractivity contribution in [3.8, 4) is 5.75 Å². The van der Waals surface area contributed by atoms with E-state index >= 15 is 0 Å². The molecule has 1 aromatic heterocycles. The van der Waals surface area contributed by atoms with Gasteiger partial charge in [0.25, 0.3) is 5.91 Å². The van der Waals surface area contributed by atoms with Crippen LogP contribution >= 0.6 is 22.9 Å². The second-order valence-corrected chi connectivity index (χ2v) is 6.12. The number of fused-ring (bicyclic) bond motifs is 1. The molecule has 23 heavy (non-hydrogen) atoms. The van der Waals surface area contributed by atoms with Gasteiger partial charge in [0.15, 0.2) is 0 Å². The average Bonchev–Trinajstić information content (AvgIpc) is 2.47. The number of esters is 1. The van der Waals surface area contributed by atoms with Crippen molar-refractivity contribution in [1.82, 2.24) is 5.32 Å². The second-order valence-electron chi connectivity index (χ2n) is 4.70. The Kier molecular flexibility index (Phi) is 5.23. The fourth-order valence-electron chi connectivity index (χ4n) is 2.07. The van der Waals surface area contributed by atoms with E-state index in [1.54, 1.807) is 19.9 Å². The molecule has 0 saturated carbocycles. The number of hydrogen-bond acceptors (Lipinski definition) is 6. The van der Waals surface area contributed by atoms with Crippen LogP contribution in [-0.2, 0) is 9.53 Å². The molecule has 1 amide bonds. The fraction of sp³-hybridized carbons (Fsp3) is 0.267. The first-order chi connectivity index (χ1) is 10.8. The lowest BCUT2D eigenvalue weighted by molar-refractivity contribution is -0.141. The van der Waals surface area contributed by atoms with Crippen molar-refractivity contribution in [3.05, 3.63) is 37.8 Å². The minimum absolute atomic E-state index is 0.183. The van der Waals surface area contributed by atoms with Crippen molar-refractivity contribution in [2.24, 2.45) is 0 Å². The van der Waals surface area contributed by atoms with Gasteiger partial charge in [-0.1, -0.05) is 22.9 Å². The van der Waals surface area contributed by atoms with E-state index in [2.05, 4.69) is 10.1 Å². The Labute approximate surface area is 140 Å². The van der Waals surface area contributed by atoms with E-state index in [1.165, 1.54) is 6.07 Å². The molecule has 0 aliphatic rings. The summed E-state index contributed by atoms with van der Waals surface area (Å²) in [6.07, 6.45) is 0. The molecule has 0 atom stereocenters. The van der Waals surface area contributed by atoms with Crippen LogP contribution in [0.3, 0.4) is 0 Å². The maximum atomic E-state index is 12.2. The molecule has 0 saturated heterocycles. The molecule has 0 unspecified atom stereocenters. The monoisotopic (exact) mass is 355 g/mol. The Morgan fingerprint density at radius 2 is 2.09 bits per heavy atom. The van der Waals surface area contributed by atoms with Gasteiger partial charge < -0.3 is 15.2 Å². The number of amides is 1. The van der Waals surface area contributed by atoms with E-state index in [9.17, 15) is 19.5 Å². The maximum absolute atomic E-state index is 12.2. The van der Waals surface area contributed by atoms with Gasteiger partial charge in [-0.25, -0.2) is 0 Å². The van der Waals surface area contributed by atoms with E-state index in [0.717, 1.165) is 16.9 Å². The van der Waals surface area contributed by atoms with Gasteiger partial charge in [-0.15, -0.1) is 0 Å². The van der Waals surface area contributed by atoms with Gasteiger partial charge in [0.1, 0.15) is 17.9 Å². The first kappa shape index (κ1) is 17.2. The van der Waals surface area contributed by atoms with E-state index in [1.807, 2.05) is 0 Å². The van der Waals surface area contributed by atoms with Gasteiger partial charge in [-0.05, 0) is 31.5 Å². The number of halogens is 1. The summed E-state index contributed by atoms with van der Waals surface area (Å²) in [6, 6.07) is 3.15. The number of carbonyl (C=O) groups is 2. The van der Waals surface area contributed by atoms with Crippen molar-refractivity contribution >= 4 is 44.9 Å². The Morgan fingerprint density at radius 3 is 2.74 bits per heavy atom. The summed E-state index contributed by atoms with van der Waals surface area (Å²) < 4.78 is 4.64. The van der Waals surface area contributed by atoms with Gasteiger partial charge in [0, 0.05) is 15.1 Å². The van der Waals surface area contributed by atoms with Gasteiger partial charge in [-0.2, -0.15) is 0 Å². The summed E-state index contributed by atoms with van der Waals surface area (Å²) in [6.45, 7) is 3.19. The zero-order valence-corrected chi connectivity index (χ0v) is 14.0. The number of aryl methyl sites for hydroxylation is 1. The molecule has 122 valence electrons. The molecule has 1 heterocycles. The summed E-state index contributed by atoms with van der Waals surface area (Å²) in [5.41, 5.74) is 0.317. The molecular formula is C15H14ClNO5S. The third kappa shape index (κ3) is 3.62. The van der Waals surface area contributed by atoms with Crippen LogP contribution in [0.2, 0.25) is 5.02 Å². The fourth-order valence-corrected chi connectivity index (χ4v) is 3.30. The van der Waals surface area contributed by atoms with Crippen LogP contribution in [0.1, 0.15) is 22.8 Å². The lowest BCUT2D eigenvalue weighted by Crippen LogP contribution is -2.33. The third-order valence-electron chi connectivity index (χ3n) is 3.06. The number of benzene rings is 1. The Morgan fingerprint density at radius 1 is 1.39 bits per heavy atom. The van der Waals surface area contributed by atoms with Crippen LogP contribution in [-0.4, -0.2) is 30.1 Å². The van der Waals surface area contributed by atoms with E-state index < -0.39 is 27.9 Å². The van der Waals surface area contributed by atoms with Crippen molar-refractivity contribution in [2.75, 3.05) is 13.2 Å². The van der Waals surface area contributed by atoms with Crippen LogP contribution < -0.4 is 10.1 Å². The summed E-state index contributed by atoms with van der Waals surface area (Å²) in [7, 11) is 0. The van der Waals surface area contributed by atoms with Crippen LogP contribution in [0.25, 0.3) is 10.1 Å². The number of aromatic hydroxyl groups is 1. The van der Waals surface area contributed by atoms with Crippen LogP contribution in [0.5, 0.6) is 5.75 Å². The number of hydrogen-bond donors (Lipinski definition) is 2. The molecule has 8 heteroatoms. The number of nitrogens with one attached hydrogen (secondary N) is 1. The highest BCUT2D eigenvalue weighted by Crippen LogP contribution is 2.33. The lowest BCUT2D eigenvalue weighted by Gasteiger charge is -2.09. The van der Waals surface area contributed by atoms with Gasteiger partial charge in [-0.3, -0.25) is 14.4 Å². The molecule has 2 rings (SSSR count). The predicted octanol–water partition coefficient (Wildman–Crippen LogP) is 2.22. The van der Waals surface area contributed by atoms with Crippen molar-refractivity contribution in [3.63, 3.8) is 0 Å². The summed E-state index contributed by atoms with van der Waals surface area (Å²) >= 11 is 6.80. The zero-order chi connectivity index (χ0) is 17.1. The van der Waals surface area contributed by atoms with E-state index in [0.29, 0.717) is 15.1 Å². The Balaban J connectivity index is 2.43. The average molecular weight is 356 g/mol. The minimum Gasteiger partial charge on any atom is -0.506 e. The van der Waals surface area contributed by atoms with E-state index in [4.69, 9.17) is 11.6 Å². The normalized spacial score (nSPS) is 10.6. The molecule has 0 bridgehead atoms. The minimum atomic E-state index is -0.837. The molecule has 2 aromatic rings. The Bertz CT molecular complexity index is 846. The molecular weight excluding hydrogens is 342 g/mol. The number of rotatable bonds is 4. The van der Waals surface area contributed by atoms with Gasteiger partial charge in [0.05, 0.1) is 6.61 Å². The molecule has 0 aliphatic carbocycles. The predicted molar refractivity (Wildman–Crippen MR) is 88.5 cm³/mol. The molecule has 6 nitrogen and oxygen atoms in total. The molecule has 0 aliphatic heterocycles. The lowest BCUT2D eigenvalue weighted by atomic mass is 10.1. The quantitative estimate of drug-likeness (QED) is 0.820. The van der Waals surface area contributed by atoms with Crippen LogP contribution in [0.4, 0.5) is 0 Å². The highest BCUT2D eigenvalue weighted by Gasteiger charge is 2.21. The smallest absolute Gasteiger partial charge is 0.325 e. The topological polar surface area (TPSA) is 92.7 Å². The SMILES string of the molecule is CCOC(=O)CNC(=O)c1c(O)c2cc(Cl)cc(C)c2sc1=O. The first-order valence-corrected chi connectivity index (χ1v) is 7.94. The van der Waals surface area contributed by atoms with Crippen molar-refractivity contribution in [1.29, 1.82) is 0 Å². The van der Waals surface area contributed by atoms with Crippen molar-refractivity contribution in [2.45, 2.75) is 13.8 Å².